The average molecular weight is 409 g/mol. The van der Waals surface area contributed by atoms with Gasteiger partial charge in [-0.05, 0) is 49.4 Å². The Morgan fingerprint density at radius 1 is 1.03 bits per heavy atom. The molecule has 29 heavy (non-hydrogen) atoms. The maximum absolute atomic E-state index is 12.2. The lowest BCUT2D eigenvalue weighted by atomic mass is 10.2. The van der Waals surface area contributed by atoms with Gasteiger partial charge in [-0.15, -0.1) is 11.3 Å². The molecule has 0 fully saturated rings. The van der Waals surface area contributed by atoms with Gasteiger partial charge in [0.1, 0.15) is 5.01 Å². The highest BCUT2D eigenvalue weighted by Crippen LogP contribution is 2.22. The number of carbonyl (C=O) groups is 3. The topological polar surface area (TPSA) is 97.4 Å². The molecule has 148 valence electrons. The number of ether oxygens (including phenoxy) is 1. The van der Waals surface area contributed by atoms with Gasteiger partial charge in [0.2, 0.25) is 5.91 Å². The number of esters is 1. The van der Waals surface area contributed by atoms with Crippen molar-refractivity contribution in [3.8, 4) is 0 Å². The van der Waals surface area contributed by atoms with E-state index in [1.165, 1.54) is 31.3 Å². The molecule has 7 nitrogen and oxygen atoms in total. The van der Waals surface area contributed by atoms with Gasteiger partial charge in [-0.1, -0.05) is 12.1 Å². The van der Waals surface area contributed by atoms with E-state index in [-0.39, 0.29) is 5.91 Å². The van der Waals surface area contributed by atoms with E-state index < -0.39 is 18.0 Å². The molecule has 0 saturated carbocycles. The van der Waals surface area contributed by atoms with Crippen LogP contribution in [0.4, 0.5) is 11.4 Å². The zero-order chi connectivity index (χ0) is 20.8. The molecule has 1 atom stereocenters. The van der Waals surface area contributed by atoms with Crippen LogP contribution in [0.3, 0.4) is 0 Å². The first kappa shape index (κ1) is 20.2. The second kappa shape index (κ2) is 9.11. The summed E-state index contributed by atoms with van der Waals surface area (Å²) in [7, 11) is 0. The predicted octanol–water partition coefficient (Wildman–Crippen LogP) is 3.84. The van der Waals surface area contributed by atoms with Crippen LogP contribution < -0.4 is 10.6 Å². The highest BCUT2D eigenvalue weighted by Gasteiger charge is 2.16. The standard InChI is InChI=1S/C21H19N3O4S/c1-13(21(27)23-16-9-7-15(8-10-16)22-14(2)25)28-20(26)12-11-19-24-17-5-3-4-6-18(17)29-19/h3-13H,1-2H3,(H,22,25)(H,23,27)/b12-11+/t13-/m0/s1. The number of fused-ring (bicyclic) bond motifs is 1. The lowest BCUT2D eigenvalue weighted by Gasteiger charge is -2.12. The summed E-state index contributed by atoms with van der Waals surface area (Å²) in [5.74, 6) is -1.27. The fourth-order valence-electron chi connectivity index (χ4n) is 2.45. The molecule has 0 unspecified atom stereocenters. The maximum atomic E-state index is 12.2. The Balaban J connectivity index is 1.53. The minimum absolute atomic E-state index is 0.179. The highest BCUT2D eigenvalue weighted by molar-refractivity contribution is 7.19. The maximum Gasteiger partial charge on any atom is 0.331 e. The first-order valence-corrected chi connectivity index (χ1v) is 9.65. The summed E-state index contributed by atoms with van der Waals surface area (Å²) in [5.41, 5.74) is 2.01. The molecule has 2 amide bonds. The third kappa shape index (κ3) is 5.73. The summed E-state index contributed by atoms with van der Waals surface area (Å²) >= 11 is 1.46. The van der Waals surface area contributed by atoms with Crippen molar-refractivity contribution in [3.63, 3.8) is 0 Å². The number of rotatable bonds is 6. The Morgan fingerprint density at radius 3 is 2.34 bits per heavy atom. The smallest absolute Gasteiger partial charge is 0.331 e. The molecule has 3 aromatic rings. The van der Waals surface area contributed by atoms with Gasteiger partial charge in [0.25, 0.3) is 5.91 Å². The van der Waals surface area contributed by atoms with Crippen molar-refractivity contribution in [1.82, 2.24) is 4.98 Å². The molecule has 0 aliphatic heterocycles. The minimum Gasteiger partial charge on any atom is -0.449 e. The van der Waals surface area contributed by atoms with Gasteiger partial charge >= 0.3 is 5.97 Å². The summed E-state index contributed by atoms with van der Waals surface area (Å²) in [6, 6.07) is 14.3. The van der Waals surface area contributed by atoms with Gasteiger partial charge in [0.05, 0.1) is 10.2 Å². The van der Waals surface area contributed by atoms with Crippen LogP contribution in [0, 0.1) is 0 Å². The number of hydrogen-bond acceptors (Lipinski definition) is 6. The van der Waals surface area contributed by atoms with Crippen molar-refractivity contribution in [2.75, 3.05) is 10.6 Å². The Morgan fingerprint density at radius 2 is 1.69 bits per heavy atom. The zero-order valence-corrected chi connectivity index (χ0v) is 16.7. The normalized spacial score (nSPS) is 11.9. The monoisotopic (exact) mass is 409 g/mol. The number of para-hydroxylation sites is 1. The van der Waals surface area contributed by atoms with Crippen LogP contribution >= 0.6 is 11.3 Å². The lowest BCUT2D eigenvalue weighted by molar-refractivity contribution is -0.148. The number of anilines is 2. The predicted molar refractivity (Wildman–Crippen MR) is 114 cm³/mol. The number of carbonyl (C=O) groups excluding carboxylic acids is 3. The first-order valence-electron chi connectivity index (χ1n) is 8.83. The Kier molecular flexibility index (Phi) is 6.36. The molecule has 3 rings (SSSR count). The lowest BCUT2D eigenvalue weighted by Crippen LogP contribution is -2.29. The van der Waals surface area contributed by atoms with Gasteiger partial charge in [-0.2, -0.15) is 0 Å². The first-order chi connectivity index (χ1) is 13.9. The summed E-state index contributed by atoms with van der Waals surface area (Å²) in [5, 5.41) is 5.97. The van der Waals surface area contributed by atoms with Crippen molar-refractivity contribution in [2.45, 2.75) is 20.0 Å². The zero-order valence-electron chi connectivity index (χ0n) is 15.8. The van der Waals surface area contributed by atoms with E-state index in [0.29, 0.717) is 16.4 Å². The van der Waals surface area contributed by atoms with Crippen molar-refractivity contribution in [3.05, 3.63) is 59.6 Å². The largest absolute Gasteiger partial charge is 0.449 e. The van der Waals surface area contributed by atoms with E-state index in [0.717, 1.165) is 10.2 Å². The number of nitrogens with zero attached hydrogens (tertiary/aromatic N) is 1. The van der Waals surface area contributed by atoms with Crippen LogP contribution in [0.1, 0.15) is 18.9 Å². The molecule has 0 bridgehead atoms. The highest BCUT2D eigenvalue weighted by atomic mass is 32.1. The molecule has 0 radical (unpaired) electrons. The van der Waals surface area contributed by atoms with Crippen LogP contribution in [-0.2, 0) is 19.1 Å². The van der Waals surface area contributed by atoms with Crippen LogP contribution in [0.15, 0.2) is 54.6 Å². The van der Waals surface area contributed by atoms with E-state index in [2.05, 4.69) is 15.6 Å². The fourth-order valence-corrected chi connectivity index (χ4v) is 3.32. The second-order valence-electron chi connectivity index (χ2n) is 6.18. The van der Waals surface area contributed by atoms with E-state index in [4.69, 9.17) is 4.74 Å². The molecule has 2 N–H and O–H groups in total. The summed E-state index contributed by atoms with van der Waals surface area (Å²) in [6.45, 7) is 2.90. The molecule has 8 heteroatoms. The quantitative estimate of drug-likeness (QED) is 0.476. The molecule has 0 aliphatic carbocycles. The SMILES string of the molecule is CC(=O)Nc1ccc(NC(=O)[C@H](C)OC(=O)/C=C/c2nc3ccccc3s2)cc1. The summed E-state index contributed by atoms with van der Waals surface area (Å²) in [6.07, 6.45) is 1.85. The van der Waals surface area contributed by atoms with Crippen LogP contribution in [0.5, 0.6) is 0 Å². The summed E-state index contributed by atoms with van der Waals surface area (Å²) in [4.78, 5) is 39.6. The minimum atomic E-state index is -0.975. The van der Waals surface area contributed by atoms with Gasteiger partial charge in [0.15, 0.2) is 6.10 Å². The molecule has 1 heterocycles. The van der Waals surface area contributed by atoms with Crippen molar-refractivity contribution < 1.29 is 19.1 Å². The van der Waals surface area contributed by atoms with Crippen molar-refractivity contribution in [2.24, 2.45) is 0 Å². The van der Waals surface area contributed by atoms with Crippen LogP contribution in [0.2, 0.25) is 0 Å². The van der Waals surface area contributed by atoms with Crippen molar-refractivity contribution in [1.29, 1.82) is 0 Å². The van der Waals surface area contributed by atoms with Crippen molar-refractivity contribution >= 4 is 56.8 Å². The number of aromatic nitrogens is 1. The Labute approximate surface area is 171 Å². The number of benzene rings is 2. The number of hydrogen-bond donors (Lipinski definition) is 2. The summed E-state index contributed by atoms with van der Waals surface area (Å²) < 4.78 is 6.16. The number of thiazole rings is 1. The Bertz CT molecular complexity index is 1040. The van der Waals surface area contributed by atoms with E-state index in [1.54, 1.807) is 30.3 Å². The fraction of sp³-hybridized carbons (Fsp3) is 0.143. The Hall–Kier alpha value is -3.52. The number of amides is 2. The molecular formula is C21H19N3O4S. The van der Waals surface area contributed by atoms with Gasteiger partial charge in [0, 0.05) is 24.4 Å². The second-order valence-corrected chi connectivity index (χ2v) is 7.24. The third-order valence-electron chi connectivity index (χ3n) is 3.81. The molecule has 0 saturated heterocycles. The number of nitrogens with one attached hydrogen (secondary N) is 2. The van der Waals surface area contributed by atoms with E-state index >= 15 is 0 Å². The van der Waals surface area contributed by atoms with Crippen LogP contribution in [0.25, 0.3) is 16.3 Å². The van der Waals surface area contributed by atoms with Crippen LogP contribution in [-0.4, -0.2) is 28.9 Å². The molecule has 2 aromatic carbocycles. The molecular weight excluding hydrogens is 390 g/mol. The molecule has 0 spiro atoms. The average Bonchev–Trinajstić information content (AvgIpc) is 3.10. The van der Waals surface area contributed by atoms with E-state index in [1.807, 2.05) is 24.3 Å². The molecule has 0 aliphatic rings. The van der Waals surface area contributed by atoms with E-state index in [9.17, 15) is 14.4 Å². The van der Waals surface area contributed by atoms with Gasteiger partial charge < -0.3 is 15.4 Å². The van der Waals surface area contributed by atoms with Gasteiger partial charge in [-0.25, -0.2) is 9.78 Å². The molecule has 1 aromatic heterocycles. The third-order valence-corrected chi connectivity index (χ3v) is 4.81. The van der Waals surface area contributed by atoms with Gasteiger partial charge in [-0.3, -0.25) is 9.59 Å².